The maximum absolute atomic E-state index is 13.0. The van der Waals surface area contributed by atoms with Crippen molar-refractivity contribution in [2.24, 2.45) is 5.73 Å². The van der Waals surface area contributed by atoms with Crippen LogP contribution in [0.15, 0.2) is 22.7 Å². The summed E-state index contributed by atoms with van der Waals surface area (Å²) in [4.78, 5) is 4.33. The topological polar surface area (TPSA) is 64.9 Å². The molecular formula is C14H17ClFN3O. The molecule has 0 radical (unpaired) electrons. The third-order valence-electron chi connectivity index (χ3n) is 3.52. The van der Waals surface area contributed by atoms with Crippen LogP contribution < -0.4 is 5.73 Å². The van der Waals surface area contributed by atoms with Crippen molar-refractivity contribution in [1.29, 1.82) is 0 Å². The fraction of sp³-hybridized carbons (Fsp3) is 0.429. The second kappa shape index (κ2) is 5.89. The Morgan fingerprint density at radius 3 is 2.65 bits per heavy atom. The van der Waals surface area contributed by atoms with Gasteiger partial charge in [0.1, 0.15) is 5.82 Å². The lowest BCUT2D eigenvalue weighted by Crippen LogP contribution is -2.35. The highest BCUT2D eigenvalue weighted by Crippen LogP contribution is 2.25. The molecule has 6 heteroatoms. The molecule has 0 bridgehead atoms. The molecule has 2 aromatic rings. The summed E-state index contributed by atoms with van der Waals surface area (Å²) in [5, 5.41) is 4.27. The number of hydrogen-bond acceptors (Lipinski definition) is 4. The summed E-state index contributed by atoms with van der Waals surface area (Å²) >= 11 is 5.98. The van der Waals surface area contributed by atoms with E-state index < -0.39 is 5.54 Å². The second-order valence-electron chi connectivity index (χ2n) is 4.79. The molecule has 0 fully saturated rings. The molecule has 0 aliphatic carbocycles. The molecule has 0 atom stereocenters. The number of hydrogen-bond donors (Lipinski definition) is 1. The summed E-state index contributed by atoms with van der Waals surface area (Å²) < 4.78 is 18.2. The van der Waals surface area contributed by atoms with Crippen LogP contribution in [0.4, 0.5) is 4.39 Å². The molecule has 0 spiro atoms. The van der Waals surface area contributed by atoms with Crippen LogP contribution in [0.1, 0.15) is 44.0 Å². The van der Waals surface area contributed by atoms with Crippen LogP contribution in [0.2, 0.25) is 5.02 Å². The largest absolute Gasteiger partial charge is 0.337 e. The number of halogens is 2. The van der Waals surface area contributed by atoms with Crippen molar-refractivity contribution < 1.29 is 8.91 Å². The van der Waals surface area contributed by atoms with Gasteiger partial charge in [-0.25, -0.2) is 4.39 Å². The van der Waals surface area contributed by atoms with Crippen LogP contribution in [0.3, 0.4) is 0 Å². The standard InChI is InChI=1S/C14H17ClFN3O/c1-3-14(17,4-2)13-18-12(19-20-13)7-9-5-6-10(16)8-11(9)15/h5-6,8H,3-4,7,17H2,1-2H3. The lowest BCUT2D eigenvalue weighted by molar-refractivity contribution is 0.267. The number of nitrogens with zero attached hydrogens (tertiary/aromatic N) is 2. The Bertz CT molecular complexity index is 596. The van der Waals surface area contributed by atoms with E-state index in [9.17, 15) is 4.39 Å². The van der Waals surface area contributed by atoms with Crippen molar-refractivity contribution in [1.82, 2.24) is 10.1 Å². The van der Waals surface area contributed by atoms with Crippen LogP contribution in [-0.4, -0.2) is 10.1 Å². The summed E-state index contributed by atoms with van der Waals surface area (Å²) in [7, 11) is 0. The highest BCUT2D eigenvalue weighted by molar-refractivity contribution is 6.31. The molecule has 1 aromatic carbocycles. The van der Waals surface area contributed by atoms with E-state index in [1.165, 1.54) is 12.1 Å². The predicted molar refractivity (Wildman–Crippen MR) is 75.0 cm³/mol. The first kappa shape index (κ1) is 14.9. The summed E-state index contributed by atoms with van der Waals surface area (Å²) in [6, 6.07) is 4.24. The minimum Gasteiger partial charge on any atom is -0.337 e. The minimum atomic E-state index is -0.599. The third-order valence-corrected chi connectivity index (χ3v) is 3.87. The fourth-order valence-electron chi connectivity index (χ4n) is 1.92. The maximum atomic E-state index is 13.0. The summed E-state index contributed by atoms with van der Waals surface area (Å²) in [6.07, 6.45) is 1.80. The van der Waals surface area contributed by atoms with Crippen molar-refractivity contribution in [2.45, 2.75) is 38.6 Å². The van der Waals surface area contributed by atoms with E-state index >= 15 is 0 Å². The van der Waals surface area contributed by atoms with Gasteiger partial charge in [-0.2, -0.15) is 4.98 Å². The van der Waals surface area contributed by atoms with Gasteiger partial charge in [0.2, 0.25) is 5.89 Å². The van der Waals surface area contributed by atoms with E-state index in [4.69, 9.17) is 21.9 Å². The molecule has 2 rings (SSSR count). The van der Waals surface area contributed by atoms with E-state index in [-0.39, 0.29) is 5.82 Å². The molecular weight excluding hydrogens is 281 g/mol. The van der Waals surface area contributed by atoms with Crippen molar-refractivity contribution in [3.63, 3.8) is 0 Å². The number of benzene rings is 1. The number of aromatic nitrogens is 2. The van der Waals surface area contributed by atoms with E-state index in [1.54, 1.807) is 6.07 Å². The van der Waals surface area contributed by atoms with E-state index in [0.29, 0.717) is 36.0 Å². The summed E-state index contributed by atoms with van der Waals surface area (Å²) in [6.45, 7) is 3.95. The molecule has 108 valence electrons. The van der Waals surface area contributed by atoms with Crippen LogP contribution in [-0.2, 0) is 12.0 Å². The molecule has 0 unspecified atom stereocenters. The Kier molecular flexibility index (Phi) is 4.40. The van der Waals surface area contributed by atoms with Gasteiger partial charge in [-0.15, -0.1) is 0 Å². The smallest absolute Gasteiger partial charge is 0.246 e. The molecule has 20 heavy (non-hydrogen) atoms. The lowest BCUT2D eigenvalue weighted by atomic mass is 9.94. The molecule has 0 amide bonds. The molecule has 2 N–H and O–H groups in total. The van der Waals surface area contributed by atoms with Gasteiger partial charge in [-0.1, -0.05) is 36.7 Å². The van der Waals surface area contributed by atoms with Crippen LogP contribution in [0.25, 0.3) is 0 Å². The molecule has 4 nitrogen and oxygen atoms in total. The van der Waals surface area contributed by atoms with Crippen LogP contribution in [0.5, 0.6) is 0 Å². The Morgan fingerprint density at radius 1 is 1.35 bits per heavy atom. The van der Waals surface area contributed by atoms with Crippen molar-refractivity contribution in [3.8, 4) is 0 Å². The first-order valence-corrected chi connectivity index (χ1v) is 6.92. The Labute approximate surface area is 122 Å². The number of rotatable bonds is 5. The van der Waals surface area contributed by atoms with Gasteiger partial charge in [0.25, 0.3) is 0 Å². The Morgan fingerprint density at radius 2 is 2.05 bits per heavy atom. The average molecular weight is 298 g/mol. The van der Waals surface area contributed by atoms with Crippen molar-refractivity contribution in [2.75, 3.05) is 0 Å². The summed E-state index contributed by atoms with van der Waals surface area (Å²) in [5.41, 5.74) is 6.35. The van der Waals surface area contributed by atoms with Crippen LogP contribution in [0, 0.1) is 5.82 Å². The number of nitrogens with two attached hydrogens (primary N) is 1. The van der Waals surface area contributed by atoms with Crippen LogP contribution >= 0.6 is 11.6 Å². The maximum Gasteiger partial charge on any atom is 0.246 e. The molecule has 1 heterocycles. The quantitative estimate of drug-likeness (QED) is 0.918. The van der Waals surface area contributed by atoms with E-state index in [1.807, 2.05) is 13.8 Å². The molecule has 0 saturated carbocycles. The molecule has 0 aliphatic rings. The zero-order chi connectivity index (χ0) is 14.8. The van der Waals surface area contributed by atoms with Gasteiger partial charge in [0.15, 0.2) is 5.82 Å². The SMILES string of the molecule is CCC(N)(CC)c1nc(Cc2ccc(F)cc2Cl)no1. The first-order valence-electron chi connectivity index (χ1n) is 6.54. The highest BCUT2D eigenvalue weighted by atomic mass is 35.5. The molecule has 1 aromatic heterocycles. The van der Waals surface area contributed by atoms with Crippen molar-refractivity contribution in [3.05, 3.63) is 46.3 Å². The predicted octanol–water partition coefficient (Wildman–Crippen LogP) is 3.43. The van der Waals surface area contributed by atoms with Gasteiger partial charge < -0.3 is 10.3 Å². The Hall–Kier alpha value is -1.46. The lowest BCUT2D eigenvalue weighted by Gasteiger charge is -2.20. The minimum absolute atomic E-state index is 0.348. The highest BCUT2D eigenvalue weighted by Gasteiger charge is 2.29. The molecule has 0 aliphatic heterocycles. The monoisotopic (exact) mass is 297 g/mol. The second-order valence-corrected chi connectivity index (χ2v) is 5.20. The molecule has 0 saturated heterocycles. The third kappa shape index (κ3) is 2.99. The zero-order valence-electron chi connectivity index (χ0n) is 11.5. The van der Waals surface area contributed by atoms with E-state index in [0.717, 1.165) is 5.56 Å². The van der Waals surface area contributed by atoms with Gasteiger partial charge in [0.05, 0.1) is 5.54 Å². The Balaban J connectivity index is 2.21. The fourth-order valence-corrected chi connectivity index (χ4v) is 2.15. The van der Waals surface area contributed by atoms with Gasteiger partial charge >= 0.3 is 0 Å². The van der Waals surface area contributed by atoms with Gasteiger partial charge in [0, 0.05) is 11.4 Å². The summed E-state index contributed by atoms with van der Waals surface area (Å²) in [5.74, 6) is 0.548. The van der Waals surface area contributed by atoms with Gasteiger partial charge in [-0.05, 0) is 30.5 Å². The normalized spacial score (nSPS) is 11.8. The van der Waals surface area contributed by atoms with Crippen molar-refractivity contribution >= 4 is 11.6 Å². The first-order chi connectivity index (χ1) is 9.48. The average Bonchev–Trinajstić information content (AvgIpc) is 2.90. The zero-order valence-corrected chi connectivity index (χ0v) is 12.2. The van der Waals surface area contributed by atoms with E-state index in [2.05, 4.69) is 10.1 Å². The van der Waals surface area contributed by atoms with Gasteiger partial charge in [-0.3, -0.25) is 0 Å².